The zero-order valence-electron chi connectivity index (χ0n) is 27.4. The molecule has 0 aliphatic heterocycles. The molecular weight excluding hydrogens is 587 g/mol. The first-order valence-electron chi connectivity index (χ1n) is 17.3. The Morgan fingerprint density at radius 1 is 0.698 bits per heavy atom. The molecule has 0 aliphatic rings. The fourth-order valence-electron chi connectivity index (χ4n) is 5.12. The van der Waals surface area contributed by atoms with Gasteiger partial charge in [0.15, 0.2) is 10.7 Å². The number of rotatable bonds is 33. The highest BCUT2D eigenvalue weighted by atomic mass is 32.7. The van der Waals surface area contributed by atoms with Crippen LogP contribution in [-0.4, -0.2) is 56.0 Å². The molecule has 0 heterocycles. The van der Waals surface area contributed by atoms with Gasteiger partial charge in [-0.15, -0.1) is 0 Å². The zero-order chi connectivity index (χ0) is 32.2. The van der Waals surface area contributed by atoms with Crippen LogP contribution in [0.4, 0.5) is 0 Å². The van der Waals surface area contributed by atoms with Gasteiger partial charge in [-0.1, -0.05) is 142 Å². The smallest absolute Gasteiger partial charge is 0.389 e. The van der Waals surface area contributed by atoms with Gasteiger partial charge in [0.05, 0.1) is 19.6 Å². The molecule has 0 saturated heterocycles. The predicted molar refractivity (Wildman–Crippen MR) is 178 cm³/mol. The number of hydrogen-bond acceptors (Lipinski definition) is 8. The Kier molecular flexibility index (Phi) is 27.8. The van der Waals surface area contributed by atoms with Crippen molar-refractivity contribution < 1.29 is 38.9 Å². The largest absolute Gasteiger partial charge is 0.394 e. The van der Waals surface area contributed by atoms with Gasteiger partial charge in [-0.3, -0.25) is 14.1 Å². The number of aliphatic hydroxyl groups is 3. The second-order valence-electron chi connectivity index (χ2n) is 12.2. The van der Waals surface area contributed by atoms with Crippen LogP contribution in [0.2, 0.25) is 0 Å². The summed E-state index contributed by atoms with van der Waals surface area (Å²) in [5.74, 6) is -0.977. The maximum absolute atomic E-state index is 13.1. The number of hydrogen-bond donors (Lipinski definition) is 4. The molecule has 2 unspecified atom stereocenters. The van der Waals surface area contributed by atoms with Crippen LogP contribution in [0.1, 0.15) is 174 Å². The van der Waals surface area contributed by atoms with Gasteiger partial charge in [-0.2, -0.15) is 0 Å². The second kappa shape index (κ2) is 28.0. The van der Waals surface area contributed by atoms with E-state index in [0.29, 0.717) is 12.8 Å². The molecule has 0 aliphatic carbocycles. The topological polar surface area (TPSA) is 141 Å². The molecule has 0 aromatic carbocycles. The Bertz CT molecular complexity index is 738. The lowest BCUT2D eigenvalue weighted by atomic mass is 9.99. The van der Waals surface area contributed by atoms with Crippen LogP contribution in [0, 0.1) is 0 Å². The van der Waals surface area contributed by atoms with Crippen LogP contribution in [-0.2, 0) is 18.7 Å². The Labute approximate surface area is 266 Å². The predicted octanol–water partition coefficient (Wildman–Crippen LogP) is 8.81. The third-order valence-electron chi connectivity index (χ3n) is 7.85. The highest BCUT2D eigenvalue weighted by Gasteiger charge is 2.45. The molecule has 8 nitrogen and oxygen atoms in total. The van der Waals surface area contributed by atoms with Crippen molar-refractivity contribution in [2.24, 2.45) is 0 Å². The van der Waals surface area contributed by atoms with Crippen LogP contribution in [0.25, 0.3) is 0 Å². The summed E-state index contributed by atoms with van der Waals surface area (Å²) in [6, 6.07) is 0. The number of Topliss-reactive ketones (excluding diaryl/α,β-unsaturated/α-hetero) is 2. The minimum atomic E-state index is -4.59. The maximum atomic E-state index is 13.1. The van der Waals surface area contributed by atoms with Crippen LogP contribution in [0.5, 0.6) is 0 Å². The Morgan fingerprint density at radius 2 is 1.07 bits per heavy atom. The summed E-state index contributed by atoms with van der Waals surface area (Å²) >= 11 is 0.0621. The molecule has 3 atom stereocenters. The second-order valence-corrected chi connectivity index (χ2v) is 16.2. The molecule has 0 saturated carbocycles. The molecule has 43 heavy (non-hydrogen) atoms. The molecule has 4 N–H and O–H groups in total. The van der Waals surface area contributed by atoms with Gasteiger partial charge < -0.3 is 20.2 Å². The van der Waals surface area contributed by atoms with E-state index < -0.39 is 43.3 Å². The van der Waals surface area contributed by atoms with Gasteiger partial charge in [-0.05, 0) is 12.8 Å². The number of aliphatic hydroxyl groups excluding tert-OH is 2. The molecule has 0 fully saturated rings. The molecule has 0 aromatic rings. The fraction of sp³-hybridized carbons (Fsp3) is 0.939. The molecule has 0 aromatic heterocycles. The average molecular weight is 653 g/mol. The van der Waals surface area contributed by atoms with Crippen molar-refractivity contribution in [3.8, 4) is 0 Å². The lowest BCUT2D eigenvalue weighted by Gasteiger charge is -2.27. The van der Waals surface area contributed by atoms with E-state index in [1.165, 1.54) is 83.5 Å². The molecule has 0 spiro atoms. The fourth-order valence-corrected chi connectivity index (χ4v) is 8.33. The van der Waals surface area contributed by atoms with Gasteiger partial charge in [0.2, 0.25) is 0 Å². The van der Waals surface area contributed by atoms with Crippen LogP contribution < -0.4 is 0 Å². The molecule has 0 bridgehead atoms. The Morgan fingerprint density at radius 3 is 1.47 bits per heavy atom. The van der Waals surface area contributed by atoms with Crippen molar-refractivity contribution in [1.82, 2.24) is 0 Å². The van der Waals surface area contributed by atoms with E-state index in [-0.39, 0.29) is 30.0 Å². The minimum absolute atomic E-state index is 0.00546. The first kappa shape index (κ1) is 42.7. The summed E-state index contributed by atoms with van der Waals surface area (Å²) in [5, 5.41) is 29.6. The number of carbonyl (C=O) groups excluding carboxylic acids is 2. The van der Waals surface area contributed by atoms with Gasteiger partial charge >= 0.3 is 6.80 Å². The van der Waals surface area contributed by atoms with Gasteiger partial charge in [-0.25, -0.2) is 4.57 Å². The Hall–Kier alpha value is -0.280. The van der Waals surface area contributed by atoms with Crippen LogP contribution >= 0.6 is 18.2 Å². The number of unbranched alkanes of at least 4 members (excludes halogenated alkanes) is 20. The molecule has 0 amide bonds. The van der Waals surface area contributed by atoms with Crippen molar-refractivity contribution in [2.75, 3.05) is 13.2 Å². The summed E-state index contributed by atoms with van der Waals surface area (Å²) in [6.07, 6.45) is 23.1. The molecule has 10 heteroatoms. The molecule has 0 rings (SSSR count). The van der Waals surface area contributed by atoms with Crippen molar-refractivity contribution in [3.05, 3.63) is 0 Å². The van der Waals surface area contributed by atoms with Crippen molar-refractivity contribution in [3.63, 3.8) is 0 Å². The van der Waals surface area contributed by atoms with Crippen LogP contribution in [0.15, 0.2) is 0 Å². The lowest BCUT2D eigenvalue weighted by Crippen LogP contribution is -2.37. The van der Waals surface area contributed by atoms with Gasteiger partial charge in [0.25, 0.3) is 0 Å². The summed E-state index contributed by atoms with van der Waals surface area (Å²) in [4.78, 5) is 33.8. The lowest BCUT2D eigenvalue weighted by molar-refractivity contribution is -0.134. The number of ketones is 2. The first-order chi connectivity index (χ1) is 20.6. The standard InChI is InChI=1S/C33H65O8PS/c1-3-5-7-9-11-13-15-17-19-21-23-25-30(35)27-33(38,43-42(39,40)41-29-31(36)28-34)32(37)26-24-22-20-18-16-14-12-10-8-6-4-2/h31,34,36,38H,3-29H2,1-2H3,(H,39,40)/t31-,33?/m1/s1. The van der Waals surface area contributed by atoms with E-state index in [4.69, 9.17) is 9.63 Å². The third-order valence-corrected chi connectivity index (χ3v) is 11.1. The highest BCUT2D eigenvalue weighted by molar-refractivity contribution is 8.55. The van der Waals surface area contributed by atoms with E-state index >= 15 is 0 Å². The van der Waals surface area contributed by atoms with Gasteiger partial charge in [0.1, 0.15) is 11.9 Å². The summed E-state index contributed by atoms with van der Waals surface area (Å²) in [5.41, 5.74) is 0. The third kappa shape index (κ3) is 25.6. The average Bonchev–Trinajstić information content (AvgIpc) is 2.96. The Balaban J connectivity index is 4.63. The van der Waals surface area contributed by atoms with Crippen LogP contribution in [0.3, 0.4) is 0 Å². The van der Waals surface area contributed by atoms with Gasteiger partial charge in [0, 0.05) is 24.2 Å². The van der Waals surface area contributed by atoms with E-state index in [1.54, 1.807) is 0 Å². The summed E-state index contributed by atoms with van der Waals surface area (Å²) in [6.45, 7) is -1.46. The van der Waals surface area contributed by atoms with E-state index in [0.717, 1.165) is 44.9 Å². The SMILES string of the molecule is CCCCCCCCCCCCCC(=O)CC(O)(SP(=O)(O)OC[C@H](O)CO)C(=O)CCCCCCCCCCCCC. The highest BCUT2D eigenvalue weighted by Crippen LogP contribution is 2.61. The van der Waals surface area contributed by atoms with E-state index in [1.807, 2.05) is 0 Å². The molecular formula is C33H65O8PS. The first-order valence-corrected chi connectivity index (χ1v) is 20.3. The normalized spacial score (nSPS) is 15.2. The quantitative estimate of drug-likeness (QED) is 0.0311. The number of carbonyl (C=O) groups is 2. The monoisotopic (exact) mass is 652 g/mol. The van der Waals surface area contributed by atoms with Crippen molar-refractivity contribution >= 4 is 29.7 Å². The summed E-state index contributed by atoms with van der Waals surface area (Å²) < 4.78 is 17.5. The maximum Gasteiger partial charge on any atom is 0.389 e. The van der Waals surface area contributed by atoms with E-state index in [9.17, 15) is 29.3 Å². The van der Waals surface area contributed by atoms with Crippen molar-refractivity contribution in [2.45, 2.75) is 185 Å². The summed E-state index contributed by atoms with van der Waals surface area (Å²) in [7, 11) is 0. The zero-order valence-corrected chi connectivity index (χ0v) is 29.2. The molecule has 0 radical (unpaired) electrons. The van der Waals surface area contributed by atoms with Crippen molar-refractivity contribution in [1.29, 1.82) is 0 Å². The van der Waals surface area contributed by atoms with E-state index in [2.05, 4.69) is 13.8 Å². The molecule has 256 valence electrons. The minimum Gasteiger partial charge on any atom is -0.394 e.